The number of nitrogens with one attached hydrogen (secondary N) is 1. The number of amides is 1. The van der Waals surface area contributed by atoms with E-state index in [1.165, 1.54) is 12.3 Å². The van der Waals surface area contributed by atoms with E-state index in [0.717, 1.165) is 25.9 Å². The Balaban J connectivity index is 1.89. The molecular formula is C13H16Cl2N2O2. The number of ether oxygens (including phenoxy) is 1. The van der Waals surface area contributed by atoms with Crippen molar-refractivity contribution in [3.05, 3.63) is 28.0 Å². The lowest BCUT2D eigenvalue weighted by molar-refractivity contribution is 0.0937. The minimum absolute atomic E-state index is 0.172. The van der Waals surface area contributed by atoms with Crippen LogP contribution in [0.1, 0.15) is 29.6 Å². The first-order chi connectivity index (χ1) is 9.06. The molecule has 0 bridgehead atoms. The molecule has 19 heavy (non-hydrogen) atoms. The first-order valence-corrected chi connectivity index (χ1v) is 6.90. The highest BCUT2D eigenvalue weighted by Gasteiger charge is 2.42. The molecule has 1 N–H and O–H groups in total. The van der Waals surface area contributed by atoms with E-state index < -0.39 is 0 Å². The zero-order chi connectivity index (χ0) is 13.9. The van der Waals surface area contributed by atoms with Crippen LogP contribution in [0.15, 0.2) is 12.3 Å². The van der Waals surface area contributed by atoms with Crippen LogP contribution in [-0.2, 0) is 4.74 Å². The SMILES string of the molecule is COCCC1(CNC(=O)c2cnc(Cl)c(Cl)c2)CC1. The molecule has 1 aliphatic rings. The third-order valence-corrected chi connectivity index (χ3v) is 4.16. The standard InChI is InChI=1S/C13H16Cl2N2O2/c1-19-5-4-13(2-3-13)8-17-12(18)9-6-10(14)11(15)16-7-9/h6-7H,2-5,8H2,1H3,(H,17,18). The quantitative estimate of drug-likeness (QED) is 0.822. The molecule has 0 radical (unpaired) electrons. The lowest BCUT2D eigenvalue weighted by atomic mass is 10.0. The first kappa shape index (κ1) is 14.6. The highest BCUT2D eigenvalue weighted by Crippen LogP contribution is 2.48. The summed E-state index contributed by atoms with van der Waals surface area (Å²) in [6.07, 6.45) is 4.67. The fourth-order valence-electron chi connectivity index (χ4n) is 1.93. The van der Waals surface area contributed by atoms with Crippen molar-refractivity contribution in [2.45, 2.75) is 19.3 Å². The Morgan fingerprint density at radius 3 is 2.84 bits per heavy atom. The van der Waals surface area contributed by atoms with E-state index >= 15 is 0 Å². The van der Waals surface area contributed by atoms with Crippen molar-refractivity contribution in [3.63, 3.8) is 0 Å². The number of methoxy groups -OCH3 is 1. The normalized spacial score (nSPS) is 16.2. The number of carbonyl (C=O) groups excluding carboxylic acids is 1. The van der Waals surface area contributed by atoms with Crippen LogP contribution in [0.3, 0.4) is 0 Å². The van der Waals surface area contributed by atoms with Gasteiger partial charge in [-0.1, -0.05) is 23.2 Å². The molecule has 0 atom stereocenters. The van der Waals surface area contributed by atoms with Gasteiger partial charge in [-0.2, -0.15) is 0 Å². The zero-order valence-corrected chi connectivity index (χ0v) is 12.2. The molecule has 1 fully saturated rings. The minimum atomic E-state index is -0.172. The van der Waals surface area contributed by atoms with Gasteiger partial charge in [0, 0.05) is 26.5 Å². The third-order valence-electron chi connectivity index (χ3n) is 3.48. The van der Waals surface area contributed by atoms with Gasteiger partial charge in [0.05, 0.1) is 10.6 Å². The van der Waals surface area contributed by atoms with Gasteiger partial charge in [-0.15, -0.1) is 0 Å². The van der Waals surface area contributed by atoms with Gasteiger partial charge in [-0.05, 0) is 30.7 Å². The molecule has 1 aromatic heterocycles. The lowest BCUT2D eigenvalue weighted by Gasteiger charge is -2.15. The average molecular weight is 303 g/mol. The fraction of sp³-hybridized carbons (Fsp3) is 0.538. The number of pyridine rings is 1. The molecule has 6 heteroatoms. The van der Waals surface area contributed by atoms with Crippen molar-refractivity contribution < 1.29 is 9.53 Å². The Hall–Kier alpha value is -0.840. The van der Waals surface area contributed by atoms with Gasteiger partial charge in [-0.25, -0.2) is 4.98 Å². The summed E-state index contributed by atoms with van der Waals surface area (Å²) in [7, 11) is 1.69. The summed E-state index contributed by atoms with van der Waals surface area (Å²) in [5.74, 6) is -0.172. The molecule has 2 rings (SSSR count). The van der Waals surface area contributed by atoms with Gasteiger partial charge >= 0.3 is 0 Å². The van der Waals surface area contributed by atoms with Crippen LogP contribution < -0.4 is 5.32 Å². The zero-order valence-electron chi connectivity index (χ0n) is 10.7. The maximum absolute atomic E-state index is 12.0. The number of aromatic nitrogens is 1. The van der Waals surface area contributed by atoms with E-state index in [0.29, 0.717) is 12.1 Å². The number of hydrogen-bond acceptors (Lipinski definition) is 3. The van der Waals surface area contributed by atoms with Crippen LogP contribution in [-0.4, -0.2) is 31.2 Å². The second-order valence-corrected chi connectivity index (χ2v) is 5.69. The van der Waals surface area contributed by atoms with Crippen LogP contribution in [0.2, 0.25) is 10.2 Å². The van der Waals surface area contributed by atoms with Gasteiger partial charge in [0.2, 0.25) is 0 Å². The summed E-state index contributed by atoms with van der Waals surface area (Å²) in [6.45, 7) is 1.39. The van der Waals surface area contributed by atoms with Gasteiger partial charge < -0.3 is 10.1 Å². The summed E-state index contributed by atoms with van der Waals surface area (Å²) >= 11 is 11.6. The van der Waals surface area contributed by atoms with Crippen LogP contribution in [0.25, 0.3) is 0 Å². The molecule has 0 unspecified atom stereocenters. The van der Waals surface area contributed by atoms with E-state index in [1.807, 2.05) is 0 Å². The smallest absolute Gasteiger partial charge is 0.252 e. The van der Waals surface area contributed by atoms with Crippen LogP contribution in [0, 0.1) is 5.41 Å². The molecule has 1 heterocycles. The summed E-state index contributed by atoms with van der Waals surface area (Å²) in [4.78, 5) is 15.8. The van der Waals surface area contributed by atoms with E-state index in [4.69, 9.17) is 27.9 Å². The number of carbonyl (C=O) groups is 1. The van der Waals surface area contributed by atoms with Crippen molar-refractivity contribution in [2.24, 2.45) is 5.41 Å². The Kier molecular flexibility index (Phi) is 4.66. The van der Waals surface area contributed by atoms with Crippen molar-refractivity contribution >= 4 is 29.1 Å². The van der Waals surface area contributed by atoms with Gasteiger partial charge in [0.25, 0.3) is 5.91 Å². The van der Waals surface area contributed by atoms with E-state index in [9.17, 15) is 4.79 Å². The summed E-state index contributed by atoms with van der Waals surface area (Å²) < 4.78 is 5.08. The average Bonchev–Trinajstić information content (AvgIpc) is 3.17. The largest absolute Gasteiger partial charge is 0.385 e. The molecule has 0 aliphatic heterocycles. The molecule has 0 aromatic carbocycles. The second-order valence-electron chi connectivity index (χ2n) is 4.92. The summed E-state index contributed by atoms with van der Waals surface area (Å²) in [6, 6.07) is 1.53. The lowest BCUT2D eigenvalue weighted by Crippen LogP contribution is -2.30. The third kappa shape index (κ3) is 3.81. The van der Waals surface area contributed by atoms with E-state index in [1.54, 1.807) is 7.11 Å². The van der Waals surface area contributed by atoms with E-state index in [2.05, 4.69) is 10.3 Å². The first-order valence-electron chi connectivity index (χ1n) is 6.14. The Morgan fingerprint density at radius 2 is 2.26 bits per heavy atom. The summed E-state index contributed by atoms with van der Waals surface area (Å²) in [5.41, 5.74) is 0.645. The van der Waals surface area contributed by atoms with E-state index in [-0.39, 0.29) is 21.5 Å². The molecule has 4 nitrogen and oxygen atoms in total. The highest BCUT2D eigenvalue weighted by molar-refractivity contribution is 6.41. The highest BCUT2D eigenvalue weighted by atomic mass is 35.5. The topological polar surface area (TPSA) is 51.2 Å². The fourth-order valence-corrected chi connectivity index (χ4v) is 2.20. The molecule has 1 saturated carbocycles. The molecular weight excluding hydrogens is 287 g/mol. The minimum Gasteiger partial charge on any atom is -0.385 e. The number of nitrogens with zero attached hydrogens (tertiary/aromatic N) is 1. The number of hydrogen-bond donors (Lipinski definition) is 1. The molecule has 0 spiro atoms. The van der Waals surface area contributed by atoms with Crippen LogP contribution >= 0.6 is 23.2 Å². The Bertz CT molecular complexity index is 476. The van der Waals surface area contributed by atoms with Crippen LogP contribution in [0.4, 0.5) is 0 Å². The van der Waals surface area contributed by atoms with Gasteiger partial charge in [0.15, 0.2) is 0 Å². The van der Waals surface area contributed by atoms with Gasteiger partial charge in [-0.3, -0.25) is 4.79 Å². The number of halogens is 2. The van der Waals surface area contributed by atoms with Crippen molar-refractivity contribution in [3.8, 4) is 0 Å². The predicted octanol–water partition coefficient (Wildman–Crippen LogP) is 2.93. The molecule has 0 saturated heterocycles. The Morgan fingerprint density at radius 1 is 1.53 bits per heavy atom. The predicted molar refractivity (Wildman–Crippen MR) is 74.8 cm³/mol. The maximum Gasteiger partial charge on any atom is 0.252 e. The Labute approximate surface area is 122 Å². The van der Waals surface area contributed by atoms with Crippen molar-refractivity contribution in [1.29, 1.82) is 0 Å². The van der Waals surface area contributed by atoms with Crippen molar-refractivity contribution in [2.75, 3.05) is 20.3 Å². The molecule has 1 aromatic rings. The van der Waals surface area contributed by atoms with Crippen molar-refractivity contribution in [1.82, 2.24) is 10.3 Å². The molecule has 1 amide bonds. The van der Waals surface area contributed by atoms with Gasteiger partial charge in [0.1, 0.15) is 5.15 Å². The molecule has 1 aliphatic carbocycles. The molecule has 104 valence electrons. The number of rotatable bonds is 6. The summed E-state index contributed by atoms with van der Waals surface area (Å²) in [5, 5.41) is 3.41. The monoisotopic (exact) mass is 302 g/mol. The van der Waals surface area contributed by atoms with Crippen LogP contribution in [0.5, 0.6) is 0 Å². The maximum atomic E-state index is 12.0. The second kappa shape index (κ2) is 6.07.